The molecule has 2 aromatic rings. The van der Waals surface area contributed by atoms with E-state index in [9.17, 15) is 0 Å². The topological polar surface area (TPSA) is 12.0 Å². The van der Waals surface area contributed by atoms with Crippen LogP contribution in [-0.2, 0) is 6.42 Å². The fraction of sp³-hybridized carbons (Fsp3) is 0.333. The minimum absolute atomic E-state index is 0.366. The van der Waals surface area contributed by atoms with Crippen molar-refractivity contribution >= 4 is 23.4 Å². The van der Waals surface area contributed by atoms with Crippen molar-refractivity contribution < 1.29 is 0 Å². The largest absolute Gasteiger partial charge is 0.309 e. The van der Waals surface area contributed by atoms with E-state index in [1.165, 1.54) is 16.0 Å². The van der Waals surface area contributed by atoms with Gasteiger partial charge in [0, 0.05) is 21.7 Å². The Bertz CT molecular complexity index is 553. The first-order chi connectivity index (χ1) is 10.2. The molecule has 0 heterocycles. The Morgan fingerprint density at radius 2 is 1.86 bits per heavy atom. The van der Waals surface area contributed by atoms with Crippen LogP contribution in [0.4, 0.5) is 0 Å². The quantitative estimate of drug-likeness (QED) is 0.691. The van der Waals surface area contributed by atoms with Crippen LogP contribution < -0.4 is 5.32 Å². The lowest BCUT2D eigenvalue weighted by Crippen LogP contribution is -2.22. The summed E-state index contributed by atoms with van der Waals surface area (Å²) in [5.74, 6) is 1.000. The van der Waals surface area contributed by atoms with Crippen LogP contribution in [0.3, 0.4) is 0 Å². The number of thioether (sulfide) groups is 1. The molecule has 1 nitrogen and oxygen atoms in total. The Morgan fingerprint density at radius 3 is 2.48 bits per heavy atom. The van der Waals surface area contributed by atoms with Gasteiger partial charge in [-0.25, -0.2) is 0 Å². The fourth-order valence-corrected chi connectivity index (χ4v) is 3.55. The van der Waals surface area contributed by atoms with E-state index in [1.807, 2.05) is 30.0 Å². The first-order valence-corrected chi connectivity index (χ1v) is 8.79. The number of nitrogens with one attached hydrogen (secondary N) is 1. The van der Waals surface area contributed by atoms with E-state index in [4.69, 9.17) is 11.6 Å². The van der Waals surface area contributed by atoms with Gasteiger partial charge in [-0.2, -0.15) is 0 Å². The lowest BCUT2D eigenvalue weighted by Gasteiger charge is -2.18. The molecule has 1 N–H and O–H groups in total. The zero-order valence-electron chi connectivity index (χ0n) is 12.6. The van der Waals surface area contributed by atoms with E-state index in [1.54, 1.807) is 0 Å². The van der Waals surface area contributed by atoms with Crippen molar-refractivity contribution in [2.24, 2.45) is 0 Å². The molecule has 1 atom stereocenters. The number of halogens is 1. The van der Waals surface area contributed by atoms with E-state index in [-0.39, 0.29) is 0 Å². The molecule has 0 fully saturated rings. The molecule has 112 valence electrons. The molecule has 2 rings (SSSR count). The van der Waals surface area contributed by atoms with Gasteiger partial charge in [-0.05, 0) is 42.3 Å². The molecule has 21 heavy (non-hydrogen) atoms. The molecular formula is C18H22ClNS. The number of aryl methyl sites for hydroxylation is 1. The van der Waals surface area contributed by atoms with Gasteiger partial charge < -0.3 is 5.32 Å². The molecule has 2 aromatic carbocycles. The molecule has 0 aliphatic rings. The third-order valence-electron chi connectivity index (χ3n) is 3.45. The van der Waals surface area contributed by atoms with Crippen LogP contribution in [0.2, 0.25) is 5.02 Å². The summed E-state index contributed by atoms with van der Waals surface area (Å²) in [7, 11) is 0. The first-order valence-electron chi connectivity index (χ1n) is 7.43. The van der Waals surface area contributed by atoms with Gasteiger partial charge in [0.2, 0.25) is 0 Å². The number of benzene rings is 2. The van der Waals surface area contributed by atoms with Gasteiger partial charge in [0.25, 0.3) is 0 Å². The molecule has 0 aliphatic carbocycles. The van der Waals surface area contributed by atoms with Crippen molar-refractivity contribution in [2.45, 2.75) is 31.2 Å². The molecule has 0 aromatic heterocycles. The molecule has 0 spiro atoms. The average Bonchev–Trinajstić information content (AvgIpc) is 2.52. The average molecular weight is 320 g/mol. The van der Waals surface area contributed by atoms with Crippen LogP contribution in [0.15, 0.2) is 53.4 Å². The second-order valence-electron chi connectivity index (χ2n) is 4.97. The molecule has 0 aliphatic heterocycles. The standard InChI is InChI=1S/C18H22ClNS/c1-3-14-8-10-15(11-9-14)18(20-4-2)13-21-17-7-5-6-16(19)12-17/h5-12,18,20H,3-4,13H2,1-2H3. The van der Waals surface area contributed by atoms with Crippen molar-refractivity contribution in [3.05, 3.63) is 64.7 Å². The molecule has 0 bridgehead atoms. The summed E-state index contributed by atoms with van der Waals surface area (Å²) in [5.41, 5.74) is 2.74. The van der Waals surface area contributed by atoms with E-state index in [0.29, 0.717) is 6.04 Å². The van der Waals surface area contributed by atoms with Crippen molar-refractivity contribution in [3.63, 3.8) is 0 Å². The van der Waals surface area contributed by atoms with E-state index in [2.05, 4.69) is 49.5 Å². The van der Waals surface area contributed by atoms with Gasteiger partial charge in [-0.15, -0.1) is 11.8 Å². The molecule has 3 heteroatoms. The molecule has 0 saturated carbocycles. The summed E-state index contributed by atoms with van der Waals surface area (Å²) in [6.45, 7) is 5.31. The summed E-state index contributed by atoms with van der Waals surface area (Å²) in [6, 6.07) is 17.3. The maximum Gasteiger partial charge on any atom is 0.0417 e. The van der Waals surface area contributed by atoms with Crippen LogP contribution >= 0.6 is 23.4 Å². The summed E-state index contributed by atoms with van der Waals surface area (Å²) >= 11 is 7.88. The second-order valence-corrected chi connectivity index (χ2v) is 6.50. The first kappa shape index (κ1) is 16.4. The predicted molar refractivity (Wildman–Crippen MR) is 94.4 cm³/mol. The highest BCUT2D eigenvalue weighted by Gasteiger charge is 2.11. The summed E-state index contributed by atoms with van der Waals surface area (Å²) in [6.07, 6.45) is 1.09. The van der Waals surface area contributed by atoms with Crippen molar-refractivity contribution in [3.8, 4) is 0 Å². The lowest BCUT2D eigenvalue weighted by atomic mass is 10.1. The molecule has 0 radical (unpaired) electrons. The lowest BCUT2D eigenvalue weighted by molar-refractivity contribution is 0.606. The zero-order chi connectivity index (χ0) is 15.1. The van der Waals surface area contributed by atoms with Gasteiger partial charge in [0.15, 0.2) is 0 Å². The number of hydrogen-bond donors (Lipinski definition) is 1. The highest BCUT2D eigenvalue weighted by molar-refractivity contribution is 7.99. The van der Waals surface area contributed by atoms with Crippen LogP contribution in [0.5, 0.6) is 0 Å². The maximum absolute atomic E-state index is 6.04. The SMILES string of the molecule is CCNC(CSc1cccc(Cl)c1)c1ccc(CC)cc1. The van der Waals surface area contributed by atoms with Gasteiger partial charge in [0.05, 0.1) is 0 Å². The monoisotopic (exact) mass is 319 g/mol. The maximum atomic E-state index is 6.04. The van der Waals surface area contributed by atoms with Gasteiger partial charge in [0.1, 0.15) is 0 Å². The number of hydrogen-bond acceptors (Lipinski definition) is 2. The van der Waals surface area contributed by atoms with Crippen LogP contribution in [0, 0.1) is 0 Å². The summed E-state index contributed by atoms with van der Waals surface area (Å²) in [5, 5.41) is 4.37. The zero-order valence-corrected chi connectivity index (χ0v) is 14.2. The Labute approximate surface area is 137 Å². The summed E-state index contributed by atoms with van der Waals surface area (Å²) < 4.78 is 0. The Hall–Kier alpha value is -0.960. The Balaban J connectivity index is 2.04. The molecule has 0 amide bonds. The number of rotatable bonds is 7. The van der Waals surface area contributed by atoms with Crippen LogP contribution in [0.25, 0.3) is 0 Å². The van der Waals surface area contributed by atoms with Crippen LogP contribution in [0.1, 0.15) is 31.0 Å². The molecule has 1 unspecified atom stereocenters. The minimum atomic E-state index is 0.366. The second kappa shape index (κ2) is 8.47. The Morgan fingerprint density at radius 1 is 1.10 bits per heavy atom. The normalized spacial score (nSPS) is 12.3. The van der Waals surface area contributed by atoms with E-state index < -0.39 is 0 Å². The van der Waals surface area contributed by atoms with Crippen molar-refractivity contribution in [1.29, 1.82) is 0 Å². The fourth-order valence-electron chi connectivity index (χ4n) is 2.24. The van der Waals surface area contributed by atoms with Crippen molar-refractivity contribution in [1.82, 2.24) is 5.32 Å². The minimum Gasteiger partial charge on any atom is -0.309 e. The van der Waals surface area contributed by atoms with Crippen molar-refractivity contribution in [2.75, 3.05) is 12.3 Å². The van der Waals surface area contributed by atoms with E-state index in [0.717, 1.165) is 23.7 Å². The summed E-state index contributed by atoms with van der Waals surface area (Å²) in [4.78, 5) is 1.22. The predicted octanol–water partition coefficient (Wildman–Crippen LogP) is 5.35. The van der Waals surface area contributed by atoms with Gasteiger partial charge in [-0.1, -0.05) is 55.8 Å². The van der Waals surface area contributed by atoms with Gasteiger partial charge >= 0.3 is 0 Å². The third-order valence-corrected chi connectivity index (χ3v) is 4.78. The van der Waals surface area contributed by atoms with E-state index >= 15 is 0 Å². The molecular weight excluding hydrogens is 298 g/mol. The Kier molecular flexibility index (Phi) is 6.62. The smallest absolute Gasteiger partial charge is 0.0417 e. The third kappa shape index (κ3) is 5.06. The molecule has 0 saturated heterocycles. The highest BCUT2D eigenvalue weighted by atomic mass is 35.5. The van der Waals surface area contributed by atoms with Gasteiger partial charge in [-0.3, -0.25) is 0 Å². The van der Waals surface area contributed by atoms with Crippen LogP contribution in [-0.4, -0.2) is 12.3 Å². The highest BCUT2D eigenvalue weighted by Crippen LogP contribution is 2.26.